The molecule has 0 bridgehead atoms. The minimum absolute atomic E-state index is 0.00221. The third-order valence-electron chi connectivity index (χ3n) is 18.8. The number of thiophene rings is 2. The van der Waals surface area contributed by atoms with Gasteiger partial charge in [-0.25, -0.2) is 28.8 Å². The number of rotatable bonds is 26. The topological polar surface area (TPSA) is 224 Å². The number of aryl methyl sites for hydroxylation is 2. The zero-order chi connectivity index (χ0) is 81.3. The van der Waals surface area contributed by atoms with Crippen LogP contribution in [0.15, 0.2) is 243 Å². The minimum atomic E-state index is -5.86. The fraction of sp³-hybridized carbons (Fsp3) is 0.143. The average Bonchev–Trinajstić information content (AvgIpc) is 1.52. The summed E-state index contributed by atoms with van der Waals surface area (Å²) < 4.78 is 143. The van der Waals surface area contributed by atoms with E-state index in [0.29, 0.717) is 79.0 Å². The van der Waals surface area contributed by atoms with Crippen molar-refractivity contribution < 1.29 is 93.0 Å². The molecule has 0 amide bonds. The Kier molecular flexibility index (Phi) is 23.6. The number of nitrogens with zero attached hydrogens (tertiary/aromatic N) is 2. The molecule has 576 valence electrons. The van der Waals surface area contributed by atoms with Crippen molar-refractivity contribution in [3.8, 4) is 89.8 Å². The number of hydrogen-bond acceptors (Lipinski definition) is 18. The number of allylic oxidation sites excluding steroid dienone is 2. The first-order valence-corrected chi connectivity index (χ1v) is 37.3. The number of ether oxygens (including phenoxy) is 8. The van der Waals surface area contributed by atoms with E-state index < -0.39 is 75.9 Å². The van der Waals surface area contributed by atoms with Crippen LogP contribution in [-0.2, 0) is 9.47 Å². The molecule has 1 aliphatic carbocycles. The Morgan fingerprint density at radius 2 is 0.548 bits per heavy atom. The van der Waals surface area contributed by atoms with E-state index in [9.17, 15) is 28.8 Å². The van der Waals surface area contributed by atoms with Gasteiger partial charge in [-0.3, -0.25) is 0 Å². The number of carbonyl (C=O) groups excluding carboxylic acids is 6. The minimum Gasteiger partial charge on any atom is -0.493 e. The van der Waals surface area contributed by atoms with Crippen LogP contribution in [-0.4, -0.2) is 80.0 Å². The number of esters is 6. The van der Waals surface area contributed by atoms with E-state index in [1.54, 1.807) is 97.1 Å². The summed E-state index contributed by atoms with van der Waals surface area (Å²) in [4.78, 5) is 78.8. The highest BCUT2D eigenvalue weighted by atomic mass is 32.1. The van der Waals surface area contributed by atoms with Crippen molar-refractivity contribution in [2.45, 2.75) is 58.3 Å². The van der Waals surface area contributed by atoms with Gasteiger partial charge in [0.05, 0.1) is 83.1 Å². The Bertz CT molecular complexity index is 5420. The summed E-state index contributed by atoms with van der Waals surface area (Å²) in [6, 6.07) is 67.7. The lowest BCUT2D eigenvalue weighted by Crippen LogP contribution is -2.49. The van der Waals surface area contributed by atoms with Gasteiger partial charge in [-0.15, -0.1) is 22.7 Å². The van der Waals surface area contributed by atoms with Gasteiger partial charge in [0.2, 0.25) is 0 Å². The van der Waals surface area contributed by atoms with Gasteiger partial charge in [-0.2, -0.15) is 36.9 Å². The Morgan fingerprint density at radius 3 is 0.817 bits per heavy atom. The van der Waals surface area contributed by atoms with Crippen molar-refractivity contribution in [2.75, 3.05) is 26.4 Å². The highest BCUT2D eigenvalue weighted by Crippen LogP contribution is 2.67. The molecule has 0 radical (unpaired) electrons. The Labute approximate surface area is 663 Å². The quantitative estimate of drug-likeness (QED) is 0.0213. The lowest BCUT2D eigenvalue weighted by molar-refractivity contribution is -0.254. The zero-order valence-corrected chi connectivity index (χ0v) is 63.2. The first-order chi connectivity index (χ1) is 55.3. The van der Waals surface area contributed by atoms with Gasteiger partial charge in [0.25, 0.3) is 0 Å². The van der Waals surface area contributed by atoms with Crippen LogP contribution in [0.1, 0.15) is 118 Å². The van der Waals surface area contributed by atoms with Crippen LogP contribution in [0.5, 0.6) is 34.5 Å². The molecular weight excluding hydrogens is 1520 g/mol. The van der Waals surface area contributed by atoms with Crippen molar-refractivity contribution in [3.63, 3.8) is 0 Å². The van der Waals surface area contributed by atoms with E-state index in [1.807, 2.05) is 48.5 Å². The highest BCUT2D eigenvalue weighted by Gasteiger charge is 2.80. The lowest BCUT2D eigenvalue weighted by Gasteiger charge is -2.26. The molecule has 0 unspecified atom stereocenters. The summed E-state index contributed by atoms with van der Waals surface area (Å²) >= 11 is 1.87. The smallest absolute Gasteiger partial charge is 0.380 e. The molecule has 0 saturated carbocycles. The maximum atomic E-state index is 16.6. The summed E-state index contributed by atoms with van der Waals surface area (Å²) in [5.41, 5.74) is 2.59. The largest absolute Gasteiger partial charge is 0.493 e. The van der Waals surface area contributed by atoms with Gasteiger partial charge in [0, 0.05) is 54.6 Å². The van der Waals surface area contributed by atoms with E-state index in [1.165, 1.54) is 125 Å². The molecule has 2 heterocycles. The van der Waals surface area contributed by atoms with Crippen molar-refractivity contribution in [2.24, 2.45) is 0 Å². The van der Waals surface area contributed by atoms with Crippen molar-refractivity contribution in [1.29, 1.82) is 10.5 Å². The highest BCUT2D eigenvalue weighted by molar-refractivity contribution is 7.16. The van der Waals surface area contributed by atoms with Gasteiger partial charge in [0.15, 0.2) is 0 Å². The third-order valence-corrected chi connectivity index (χ3v) is 21.3. The van der Waals surface area contributed by atoms with Crippen LogP contribution in [0.25, 0.3) is 54.3 Å². The summed E-state index contributed by atoms with van der Waals surface area (Å²) in [6.07, 6.45) is 0.641. The number of hydrogen-bond donors (Lipinski definition) is 0. The van der Waals surface area contributed by atoms with Crippen LogP contribution in [0, 0.1) is 50.4 Å². The monoisotopic (exact) mass is 1590 g/mol. The van der Waals surface area contributed by atoms with E-state index in [4.69, 9.17) is 48.4 Å². The van der Waals surface area contributed by atoms with Crippen LogP contribution < -0.4 is 28.4 Å². The van der Waals surface area contributed by atoms with Crippen molar-refractivity contribution in [1.82, 2.24) is 0 Å². The maximum Gasteiger partial charge on any atom is 0.380 e. The van der Waals surface area contributed by atoms with Gasteiger partial charge >= 0.3 is 53.6 Å². The normalized spacial score (nSPS) is 13.0. The molecule has 115 heavy (non-hydrogen) atoms. The zero-order valence-electron chi connectivity index (χ0n) is 61.5. The average molecular weight is 1590 g/mol. The molecule has 0 aliphatic heterocycles. The summed E-state index contributed by atoms with van der Waals surface area (Å²) in [5, 5.41) is 18.1. The van der Waals surface area contributed by atoms with Crippen molar-refractivity contribution in [3.05, 3.63) is 319 Å². The van der Waals surface area contributed by atoms with Gasteiger partial charge in [0.1, 0.15) is 34.5 Å². The van der Waals surface area contributed by atoms with E-state index in [-0.39, 0.29) is 81.1 Å². The second-order valence-electron chi connectivity index (χ2n) is 26.4. The Hall–Kier alpha value is -13.7. The summed E-state index contributed by atoms with van der Waals surface area (Å²) in [6.45, 7) is 5.89. The fourth-order valence-corrected chi connectivity index (χ4v) is 15.1. The predicted molar refractivity (Wildman–Crippen MR) is 420 cm³/mol. The molecule has 12 aromatic rings. The van der Waals surface area contributed by atoms with Crippen LogP contribution >= 0.6 is 22.7 Å². The van der Waals surface area contributed by atoms with Gasteiger partial charge in [-0.05, 0) is 266 Å². The third kappa shape index (κ3) is 17.4. The number of alkyl halides is 6. The van der Waals surface area contributed by atoms with E-state index >= 15 is 26.3 Å². The lowest BCUT2D eigenvalue weighted by atomic mass is 9.90. The Morgan fingerprint density at radius 1 is 0.313 bits per heavy atom. The first-order valence-electron chi connectivity index (χ1n) is 35.7. The predicted octanol–water partition coefficient (Wildman–Crippen LogP) is 21.4. The van der Waals surface area contributed by atoms with Crippen LogP contribution in [0.2, 0.25) is 0 Å². The molecular formula is C91H64F6N2O14S2. The molecule has 0 spiro atoms. The van der Waals surface area contributed by atoms with Crippen LogP contribution in [0.3, 0.4) is 0 Å². The van der Waals surface area contributed by atoms with Crippen LogP contribution in [0.4, 0.5) is 26.3 Å². The second-order valence-corrected chi connectivity index (χ2v) is 28.8. The standard InChI is InChI=1S/C91H64F6N2O14S2/c1-53-77(55(3)114-81(53)63-27-43-75(44-28-63)112-85(102)67-19-15-65(16-20-67)83(100)108-49-5-47-106-71-35-31-69(32-36-71)87(104)110-73-39-23-61(24-40-73)59-11-7-57(51-98)8-12-59)79-80(90(94,95)91(96,97)89(79,92)93)78-54(2)82(115-56(78)4)64-29-45-76(46-30-64)113-86(103)68-21-17-66(18-22-68)84(101)109-50-6-48-107-72-37-33-70(34-38-72)88(105)111-74-41-25-62(26-42-74)60-13-9-58(52-99)10-14-60/h7-46H,5-6,47-50H2,1-4H3. The molecule has 2 aromatic heterocycles. The van der Waals surface area contributed by atoms with Crippen molar-refractivity contribution >= 4 is 69.6 Å². The Balaban J connectivity index is 0.569. The molecule has 0 N–H and O–H groups in total. The first kappa shape index (κ1) is 79.4. The SMILES string of the molecule is Cc1sc(-c2ccc(OC(=O)c3ccc(C(=O)OCCCOc4ccc(C(=O)Oc5ccc(-c6ccc(C#N)cc6)cc5)cc4)cc3)cc2)c(C)c1C1=C(c2c(C)sc(-c3ccc(OC(=O)c4ccc(C(=O)OCCCOc5ccc(C(=O)Oc6ccc(-c7ccc(C#N)cc7)cc6)cc5)cc4)cc3)c2C)C(F)(F)C(F)(F)C1(F)F. The number of nitriles is 2. The summed E-state index contributed by atoms with van der Waals surface area (Å²) in [5.74, 6) is -18.9. The molecule has 1 aliphatic rings. The molecule has 0 saturated heterocycles. The number of carbonyl (C=O) groups is 6. The molecule has 0 fully saturated rings. The molecule has 16 nitrogen and oxygen atoms in total. The van der Waals surface area contributed by atoms with E-state index in [0.717, 1.165) is 44.9 Å². The summed E-state index contributed by atoms with van der Waals surface area (Å²) in [7, 11) is 0. The fourth-order valence-electron chi connectivity index (χ4n) is 12.8. The molecule has 24 heteroatoms. The molecule has 0 atom stereocenters. The number of benzene rings is 10. The number of halogens is 6. The molecule has 13 rings (SSSR count). The van der Waals surface area contributed by atoms with Gasteiger partial charge in [-0.1, -0.05) is 48.5 Å². The maximum absolute atomic E-state index is 16.6. The van der Waals surface area contributed by atoms with E-state index in [2.05, 4.69) is 12.1 Å². The van der Waals surface area contributed by atoms with Gasteiger partial charge < -0.3 is 37.9 Å². The molecule has 10 aromatic carbocycles. The second kappa shape index (κ2) is 34.1.